The summed E-state index contributed by atoms with van der Waals surface area (Å²) in [6.45, 7) is 1.04. The maximum absolute atomic E-state index is 13.5. The van der Waals surface area contributed by atoms with Gasteiger partial charge < -0.3 is 9.88 Å². The van der Waals surface area contributed by atoms with Gasteiger partial charge in [-0.3, -0.25) is 0 Å². The molecule has 0 aliphatic heterocycles. The highest BCUT2D eigenvalue weighted by molar-refractivity contribution is 5.20. The van der Waals surface area contributed by atoms with Crippen LogP contribution in [0.15, 0.2) is 36.5 Å². The van der Waals surface area contributed by atoms with Crippen molar-refractivity contribution < 1.29 is 8.78 Å². The van der Waals surface area contributed by atoms with E-state index in [1.54, 1.807) is 0 Å². The Bertz CT molecular complexity index is 506. The fourth-order valence-electron chi connectivity index (χ4n) is 1.79. The largest absolute Gasteiger partial charge is 0.346 e. The van der Waals surface area contributed by atoms with Crippen LogP contribution >= 0.6 is 0 Å². The molecule has 0 saturated heterocycles. The van der Waals surface area contributed by atoms with Crippen LogP contribution in [0.1, 0.15) is 11.3 Å². The molecule has 0 bridgehead atoms. The number of halogens is 2. The molecule has 0 aliphatic carbocycles. The van der Waals surface area contributed by atoms with Gasteiger partial charge in [-0.05, 0) is 37.4 Å². The molecule has 0 spiro atoms. The highest BCUT2D eigenvalue weighted by Crippen LogP contribution is 2.13. The topological polar surface area (TPSA) is 17.0 Å². The normalized spacial score (nSPS) is 10.8. The lowest BCUT2D eigenvalue weighted by Crippen LogP contribution is -2.12. The molecule has 0 atom stereocenters. The molecule has 0 fully saturated rings. The van der Waals surface area contributed by atoms with Gasteiger partial charge in [-0.25, -0.2) is 8.78 Å². The van der Waals surface area contributed by atoms with E-state index >= 15 is 0 Å². The summed E-state index contributed by atoms with van der Waals surface area (Å²) in [5, 5.41) is 3.03. The molecular formula is C13H14F2N2. The lowest BCUT2D eigenvalue weighted by Gasteiger charge is -2.10. The standard InChI is InChI=1S/C13H14F2N2/c1-16-8-12-3-2-6-17(12)9-10-7-11(14)4-5-13(10)15/h2-7,16H,8-9H2,1H3. The smallest absolute Gasteiger partial charge is 0.128 e. The molecule has 0 unspecified atom stereocenters. The summed E-state index contributed by atoms with van der Waals surface area (Å²) in [6.07, 6.45) is 1.86. The monoisotopic (exact) mass is 236 g/mol. The van der Waals surface area contributed by atoms with Crippen molar-refractivity contribution in [3.63, 3.8) is 0 Å². The minimum atomic E-state index is -0.413. The molecule has 90 valence electrons. The van der Waals surface area contributed by atoms with Crippen LogP contribution in [-0.4, -0.2) is 11.6 Å². The van der Waals surface area contributed by atoms with Crippen LogP contribution in [0.25, 0.3) is 0 Å². The molecule has 0 amide bonds. The van der Waals surface area contributed by atoms with E-state index in [-0.39, 0.29) is 5.82 Å². The zero-order chi connectivity index (χ0) is 12.3. The third-order valence-electron chi connectivity index (χ3n) is 2.63. The quantitative estimate of drug-likeness (QED) is 0.863. The van der Waals surface area contributed by atoms with Crippen molar-refractivity contribution in [1.82, 2.24) is 9.88 Å². The molecular weight excluding hydrogens is 222 g/mol. The first kappa shape index (κ1) is 11.8. The van der Waals surface area contributed by atoms with Crippen molar-refractivity contribution in [2.45, 2.75) is 13.1 Å². The Hall–Kier alpha value is -1.68. The van der Waals surface area contributed by atoms with Gasteiger partial charge >= 0.3 is 0 Å². The summed E-state index contributed by atoms with van der Waals surface area (Å²) in [5.74, 6) is -0.792. The molecule has 2 nitrogen and oxygen atoms in total. The summed E-state index contributed by atoms with van der Waals surface area (Å²) < 4.78 is 28.4. The maximum Gasteiger partial charge on any atom is 0.128 e. The molecule has 1 N–H and O–H groups in total. The van der Waals surface area contributed by atoms with Gasteiger partial charge in [0, 0.05) is 24.0 Å². The highest BCUT2D eigenvalue weighted by atomic mass is 19.1. The van der Waals surface area contributed by atoms with E-state index in [4.69, 9.17) is 0 Å². The van der Waals surface area contributed by atoms with Crippen molar-refractivity contribution in [2.75, 3.05) is 7.05 Å². The molecule has 4 heteroatoms. The number of hydrogen-bond donors (Lipinski definition) is 1. The van der Waals surface area contributed by atoms with E-state index in [2.05, 4.69) is 5.32 Å². The van der Waals surface area contributed by atoms with Crippen molar-refractivity contribution in [1.29, 1.82) is 0 Å². The lowest BCUT2D eigenvalue weighted by molar-refractivity contribution is 0.572. The first-order chi connectivity index (χ1) is 8.20. The average molecular weight is 236 g/mol. The number of benzene rings is 1. The molecule has 2 aromatic rings. The minimum Gasteiger partial charge on any atom is -0.346 e. The number of rotatable bonds is 4. The van der Waals surface area contributed by atoms with Crippen LogP contribution < -0.4 is 5.32 Å². The maximum atomic E-state index is 13.5. The van der Waals surface area contributed by atoms with Gasteiger partial charge in [0.1, 0.15) is 11.6 Å². The SMILES string of the molecule is CNCc1cccn1Cc1cc(F)ccc1F. The zero-order valence-electron chi connectivity index (χ0n) is 9.58. The first-order valence-corrected chi connectivity index (χ1v) is 5.43. The highest BCUT2D eigenvalue weighted by Gasteiger charge is 2.06. The number of nitrogens with zero attached hydrogens (tertiary/aromatic N) is 1. The first-order valence-electron chi connectivity index (χ1n) is 5.43. The van der Waals surface area contributed by atoms with Gasteiger partial charge in [0.05, 0.1) is 6.54 Å². The van der Waals surface area contributed by atoms with Crippen LogP contribution in [-0.2, 0) is 13.1 Å². The minimum absolute atomic E-state index is 0.341. The fraction of sp³-hybridized carbons (Fsp3) is 0.231. The van der Waals surface area contributed by atoms with Crippen molar-refractivity contribution in [3.05, 3.63) is 59.4 Å². The van der Waals surface area contributed by atoms with E-state index in [0.717, 1.165) is 17.8 Å². The van der Waals surface area contributed by atoms with Crippen LogP contribution in [0.4, 0.5) is 8.78 Å². The second kappa shape index (κ2) is 5.10. The third kappa shape index (κ3) is 2.71. The Labute approximate surface area is 98.9 Å². The van der Waals surface area contributed by atoms with Gasteiger partial charge in [0.25, 0.3) is 0 Å². The summed E-state index contributed by atoms with van der Waals surface area (Å²) in [6, 6.07) is 7.37. The summed E-state index contributed by atoms with van der Waals surface area (Å²) in [7, 11) is 1.85. The average Bonchev–Trinajstić information content (AvgIpc) is 2.72. The molecule has 0 radical (unpaired) electrons. The van der Waals surface area contributed by atoms with E-state index in [1.165, 1.54) is 6.07 Å². The van der Waals surface area contributed by atoms with E-state index in [9.17, 15) is 8.78 Å². The van der Waals surface area contributed by atoms with Gasteiger partial charge in [0.15, 0.2) is 0 Å². The Morgan fingerprint density at radius 2 is 2.06 bits per heavy atom. The number of hydrogen-bond acceptors (Lipinski definition) is 1. The van der Waals surface area contributed by atoms with E-state index < -0.39 is 5.82 Å². The molecule has 1 aromatic heterocycles. The molecule has 0 aliphatic rings. The molecule has 0 saturated carbocycles. The van der Waals surface area contributed by atoms with Crippen molar-refractivity contribution >= 4 is 0 Å². The number of aromatic nitrogens is 1. The van der Waals surface area contributed by atoms with Crippen LogP contribution in [0, 0.1) is 11.6 Å². The molecule has 1 heterocycles. The predicted octanol–water partition coefficient (Wildman–Crippen LogP) is 2.53. The van der Waals surface area contributed by atoms with Crippen LogP contribution in [0.3, 0.4) is 0 Å². The second-order valence-corrected chi connectivity index (χ2v) is 3.89. The number of nitrogens with one attached hydrogen (secondary N) is 1. The van der Waals surface area contributed by atoms with Crippen molar-refractivity contribution in [3.8, 4) is 0 Å². The Kier molecular flexibility index (Phi) is 3.54. The van der Waals surface area contributed by atoms with E-state index in [0.29, 0.717) is 18.7 Å². The molecule has 2 rings (SSSR count). The Balaban J connectivity index is 2.25. The fourth-order valence-corrected chi connectivity index (χ4v) is 1.79. The molecule has 17 heavy (non-hydrogen) atoms. The summed E-state index contributed by atoms with van der Waals surface area (Å²) in [5.41, 5.74) is 1.40. The van der Waals surface area contributed by atoms with E-state index in [1.807, 2.05) is 29.9 Å². The van der Waals surface area contributed by atoms with Crippen molar-refractivity contribution in [2.24, 2.45) is 0 Å². The second-order valence-electron chi connectivity index (χ2n) is 3.89. The van der Waals surface area contributed by atoms with Crippen LogP contribution in [0.5, 0.6) is 0 Å². The summed E-state index contributed by atoms with van der Waals surface area (Å²) in [4.78, 5) is 0. The van der Waals surface area contributed by atoms with Gasteiger partial charge in [-0.15, -0.1) is 0 Å². The Morgan fingerprint density at radius 1 is 1.24 bits per heavy atom. The zero-order valence-corrected chi connectivity index (χ0v) is 9.58. The molecule has 1 aromatic carbocycles. The lowest BCUT2D eigenvalue weighted by atomic mass is 10.2. The van der Waals surface area contributed by atoms with Gasteiger partial charge in [-0.2, -0.15) is 0 Å². The van der Waals surface area contributed by atoms with Crippen LogP contribution in [0.2, 0.25) is 0 Å². The third-order valence-corrected chi connectivity index (χ3v) is 2.63. The summed E-state index contributed by atoms with van der Waals surface area (Å²) >= 11 is 0. The predicted molar refractivity (Wildman–Crippen MR) is 62.7 cm³/mol. The Morgan fingerprint density at radius 3 is 2.82 bits per heavy atom. The van der Waals surface area contributed by atoms with Gasteiger partial charge in [0.2, 0.25) is 0 Å². The van der Waals surface area contributed by atoms with Gasteiger partial charge in [-0.1, -0.05) is 0 Å².